The van der Waals surface area contributed by atoms with Gasteiger partial charge in [-0.15, -0.1) is 0 Å². The van der Waals surface area contributed by atoms with Gasteiger partial charge in [0.05, 0.1) is 44.4 Å². The zero-order chi connectivity index (χ0) is 23.8. The van der Waals surface area contributed by atoms with Gasteiger partial charge in [0.2, 0.25) is 5.76 Å². The number of amides is 1. The van der Waals surface area contributed by atoms with Crippen LogP contribution < -0.4 is 14.9 Å². The van der Waals surface area contributed by atoms with E-state index in [-0.39, 0.29) is 28.2 Å². The van der Waals surface area contributed by atoms with Crippen molar-refractivity contribution in [2.75, 3.05) is 53.6 Å². The molecule has 1 fully saturated rings. The fraction of sp³-hybridized carbons (Fsp3) is 0.360. The van der Waals surface area contributed by atoms with E-state index >= 15 is 0 Å². The van der Waals surface area contributed by atoms with E-state index in [2.05, 4.69) is 4.90 Å². The molecule has 0 radical (unpaired) electrons. The first kappa shape index (κ1) is 22.4. The largest absolute Gasteiger partial charge is 0.493 e. The second kappa shape index (κ2) is 9.08. The van der Waals surface area contributed by atoms with Crippen LogP contribution in [-0.4, -0.2) is 69.3 Å². The maximum Gasteiger partial charge on any atom is 0.290 e. The number of fused-ring (bicyclic) bond motifs is 2. The zero-order valence-electron chi connectivity index (χ0n) is 19.0. The Morgan fingerprint density at radius 3 is 2.50 bits per heavy atom. The van der Waals surface area contributed by atoms with Crippen molar-refractivity contribution in [3.63, 3.8) is 0 Å². The Labute approximate surface area is 195 Å². The number of ether oxygens (including phenoxy) is 3. The van der Waals surface area contributed by atoms with Crippen LogP contribution in [0.2, 0.25) is 0 Å². The molecule has 0 saturated carbocycles. The van der Waals surface area contributed by atoms with Gasteiger partial charge < -0.3 is 23.5 Å². The van der Waals surface area contributed by atoms with Crippen molar-refractivity contribution >= 4 is 16.9 Å². The number of halogens is 1. The van der Waals surface area contributed by atoms with Crippen molar-refractivity contribution in [3.05, 3.63) is 69.3 Å². The number of benzene rings is 2. The second-order valence-electron chi connectivity index (χ2n) is 8.28. The average molecular weight is 468 g/mol. The van der Waals surface area contributed by atoms with Gasteiger partial charge >= 0.3 is 0 Å². The topological polar surface area (TPSA) is 81.5 Å². The van der Waals surface area contributed by atoms with Crippen molar-refractivity contribution in [3.8, 4) is 11.5 Å². The predicted molar refractivity (Wildman–Crippen MR) is 122 cm³/mol. The lowest BCUT2D eigenvalue weighted by molar-refractivity contribution is 0.0314. The monoisotopic (exact) mass is 468 g/mol. The SMILES string of the molecule is COc1ccc(C2c3c(oc4ccc(F)cc4c3=O)C(=O)N2CCN2CCOCC2)cc1OC. The predicted octanol–water partition coefficient (Wildman–Crippen LogP) is 2.83. The molecule has 0 bridgehead atoms. The van der Waals surface area contributed by atoms with Crippen molar-refractivity contribution in [2.45, 2.75) is 6.04 Å². The van der Waals surface area contributed by atoms with Crippen LogP contribution in [0.3, 0.4) is 0 Å². The maximum absolute atomic E-state index is 13.9. The molecule has 1 atom stereocenters. The van der Waals surface area contributed by atoms with Crippen LogP contribution in [0.25, 0.3) is 11.0 Å². The molecular weight excluding hydrogens is 443 g/mol. The summed E-state index contributed by atoms with van der Waals surface area (Å²) < 4.78 is 36.0. The first-order valence-corrected chi connectivity index (χ1v) is 11.1. The molecule has 3 aromatic rings. The van der Waals surface area contributed by atoms with Gasteiger partial charge in [0.15, 0.2) is 16.9 Å². The highest BCUT2D eigenvalue weighted by atomic mass is 19.1. The molecule has 0 N–H and O–H groups in total. The second-order valence-corrected chi connectivity index (χ2v) is 8.28. The number of hydrogen-bond donors (Lipinski definition) is 0. The molecule has 0 spiro atoms. The Bertz CT molecular complexity index is 1300. The Balaban J connectivity index is 1.63. The molecule has 1 saturated heterocycles. The highest BCUT2D eigenvalue weighted by molar-refractivity contribution is 5.99. The first-order chi connectivity index (χ1) is 16.5. The van der Waals surface area contributed by atoms with E-state index in [4.69, 9.17) is 18.6 Å². The molecule has 34 heavy (non-hydrogen) atoms. The number of hydrogen-bond acceptors (Lipinski definition) is 7. The van der Waals surface area contributed by atoms with Crippen molar-refractivity contribution < 1.29 is 27.8 Å². The lowest BCUT2D eigenvalue weighted by Crippen LogP contribution is -2.42. The lowest BCUT2D eigenvalue weighted by atomic mass is 9.98. The molecule has 2 aliphatic heterocycles. The summed E-state index contributed by atoms with van der Waals surface area (Å²) in [5, 5.41) is 0.104. The molecule has 3 heterocycles. The van der Waals surface area contributed by atoms with E-state index in [1.54, 1.807) is 23.1 Å². The van der Waals surface area contributed by atoms with Gasteiger partial charge in [-0.25, -0.2) is 4.39 Å². The molecule has 9 heteroatoms. The van der Waals surface area contributed by atoms with E-state index in [1.165, 1.54) is 26.4 Å². The molecule has 1 amide bonds. The van der Waals surface area contributed by atoms with Crippen LogP contribution in [0.15, 0.2) is 45.6 Å². The minimum absolute atomic E-state index is 0.00845. The van der Waals surface area contributed by atoms with Gasteiger partial charge in [-0.3, -0.25) is 14.5 Å². The average Bonchev–Trinajstić information content (AvgIpc) is 3.15. The Morgan fingerprint density at radius 2 is 1.76 bits per heavy atom. The van der Waals surface area contributed by atoms with Gasteiger partial charge in [-0.1, -0.05) is 6.07 Å². The van der Waals surface area contributed by atoms with Gasteiger partial charge in [0, 0.05) is 26.2 Å². The molecule has 1 aromatic heterocycles. The third kappa shape index (κ3) is 3.80. The summed E-state index contributed by atoms with van der Waals surface area (Å²) in [6, 6.07) is 8.31. The standard InChI is InChI=1S/C25H25FN2O6/c1-31-19-5-3-15(13-20(19)32-2)22-21-23(29)17-14-16(26)4-6-18(17)34-24(21)25(30)28(22)8-7-27-9-11-33-12-10-27/h3-6,13-14,22H,7-12H2,1-2H3. The van der Waals surface area contributed by atoms with Crippen molar-refractivity contribution in [1.29, 1.82) is 0 Å². The van der Waals surface area contributed by atoms with Crippen LogP contribution in [0, 0.1) is 5.82 Å². The third-order valence-electron chi connectivity index (χ3n) is 6.41. The Morgan fingerprint density at radius 1 is 1.00 bits per heavy atom. The number of carbonyl (C=O) groups is 1. The quantitative estimate of drug-likeness (QED) is 0.550. The van der Waals surface area contributed by atoms with Crippen molar-refractivity contribution in [1.82, 2.24) is 9.80 Å². The molecule has 2 aromatic carbocycles. The minimum atomic E-state index is -0.702. The van der Waals surface area contributed by atoms with Crippen LogP contribution in [0.5, 0.6) is 11.5 Å². The van der Waals surface area contributed by atoms with E-state index in [9.17, 15) is 14.0 Å². The van der Waals surface area contributed by atoms with Crippen LogP contribution in [-0.2, 0) is 4.74 Å². The third-order valence-corrected chi connectivity index (χ3v) is 6.41. The van der Waals surface area contributed by atoms with Gasteiger partial charge in [-0.2, -0.15) is 0 Å². The van der Waals surface area contributed by atoms with Gasteiger partial charge in [-0.05, 0) is 35.9 Å². The Kier molecular flexibility index (Phi) is 5.97. The summed E-state index contributed by atoms with van der Waals surface area (Å²) in [5.41, 5.74) is 0.643. The summed E-state index contributed by atoms with van der Waals surface area (Å²) in [6.07, 6.45) is 0. The fourth-order valence-electron chi connectivity index (χ4n) is 4.67. The minimum Gasteiger partial charge on any atom is -0.493 e. The van der Waals surface area contributed by atoms with E-state index in [1.807, 2.05) is 0 Å². The zero-order valence-corrected chi connectivity index (χ0v) is 19.0. The number of nitrogens with zero attached hydrogens (tertiary/aromatic N) is 2. The number of rotatable bonds is 6. The van der Waals surface area contributed by atoms with E-state index < -0.39 is 17.3 Å². The van der Waals surface area contributed by atoms with Crippen LogP contribution in [0.4, 0.5) is 4.39 Å². The summed E-state index contributed by atoms with van der Waals surface area (Å²) in [4.78, 5) is 30.9. The van der Waals surface area contributed by atoms with Crippen LogP contribution in [0.1, 0.15) is 27.7 Å². The molecule has 8 nitrogen and oxygen atoms in total. The Hall–Kier alpha value is -3.43. The summed E-state index contributed by atoms with van der Waals surface area (Å²) in [7, 11) is 3.06. The lowest BCUT2D eigenvalue weighted by Gasteiger charge is -2.31. The van der Waals surface area contributed by atoms with E-state index in [0.717, 1.165) is 19.2 Å². The molecule has 2 aliphatic rings. The van der Waals surface area contributed by atoms with E-state index in [0.29, 0.717) is 43.4 Å². The molecule has 178 valence electrons. The summed E-state index contributed by atoms with van der Waals surface area (Å²) in [5.74, 6) is 0.0849. The molecule has 1 unspecified atom stereocenters. The molecule has 0 aliphatic carbocycles. The molecule has 5 rings (SSSR count). The molecular formula is C25H25FN2O6. The normalized spacial score (nSPS) is 18.4. The summed E-state index contributed by atoms with van der Waals surface area (Å²) >= 11 is 0. The van der Waals surface area contributed by atoms with Crippen molar-refractivity contribution in [2.24, 2.45) is 0 Å². The smallest absolute Gasteiger partial charge is 0.290 e. The first-order valence-electron chi connectivity index (χ1n) is 11.1. The number of morpholine rings is 1. The highest BCUT2D eigenvalue weighted by Gasteiger charge is 2.43. The van der Waals surface area contributed by atoms with Gasteiger partial charge in [0.1, 0.15) is 11.4 Å². The van der Waals surface area contributed by atoms with Gasteiger partial charge in [0.25, 0.3) is 5.91 Å². The number of carbonyl (C=O) groups excluding carboxylic acids is 1. The fourth-order valence-corrected chi connectivity index (χ4v) is 4.67. The number of methoxy groups -OCH3 is 2. The maximum atomic E-state index is 13.9. The van der Waals surface area contributed by atoms with Crippen LogP contribution >= 0.6 is 0 Å². The highest BCUT2D eigenvalue weighted by Crippen LogP contribution is 2.40. The summed E-state index contributed by atoms with van der Waals surface area (Å²) in [6.45, 7) is 3.84.